The van der Waals surface area contributed by atoms with E-state index in [2.05, 4.69) is 18.9 Å². The third-order valence-electron chi connectivity index (χ3n) is 2.58. The highest BCUT2D eigenvalue weighted by atomic mass is 16.5. The first kappa shape index (κ1) is 13.9. The fourth-order valence-corrected chi connectivity index (χ4v) is 2.27. The lowest BCUT2D eigenvalue weighted by atomic mass is 9.82. The van der Waals surface area contributed by atoms with Crippen LogP contribution < -0.4 is 0 Å². The summed E-state index contributed by atoms with van der Waals surface area (Å²) in [5.74, 6) is 0. The van der Waals surface area contributed by atoms with Gasteiger partial charge in [0.05, 0.1) is 0 Å². The molecule has 1 unspecified atom stereocenters. The fraction of sp³-hybridized carbons (Fsp3) is 1.00. The van der Waals surface area contributed by atoms with Crippen molar-refractivity contribution in [3.8, 4) is 0 Å². The molecule has 0 aromatic rings. The third kappa shape index (κ3) is 4.94. The van der Waals surface area contributed by atoms with Crippen molar-refractivity contribution in [2.24, 2.45) is 5.41 Å². The highest BCUT2D eigenvalue weighted by Gasteiger charge is 2.30. The van der Waals surface area contributed by atoms with Gasteiger partial charge >= 0.3 is 0 Å². The molecule has 1 heterocycles. The second-order valence-electron chi connectivity index (χ2n) is 4.47. The second kappa shape index (κ2) is 6.38. The lowest BCUT2D eigenvalue weighted by molar-refractivity contribution is -0.100. The van der Waals surface area contributed by atoms with Crippen LogP contribution in [0.5, 0.6) is 0 Å². The quantitative estimate of drug-likeness (QED) is 0.694. The number of rotatable bonds is 2. The molecule has 1 fully saturated rings. The van der Waals surface area contributed by atoms with Crippen LogP contribution in [0, 0.1) is 5.41 Å². The Labute approximate surface area is 88.7 Å². The molecule has 0 radical (unpaired) electrons. The summed E-state index contributed by atoms with van der Waals surface area (Å²) in [4.78, 5) is 2.34. The van der Waals surface area contributed by atoms with E-state index in [1.54, 1.807) is 7.05 Å². The summed E-state index contributed by atoms with van der Waals surface area (Å²) in [7, 11) is 3.87. The van der Waals surface area contributed by atoms with Crippen LogP contribution >= 0.6 is 0 Å². The van der Waals surface area contributed by atoms with Gasteiger partial charge in [0.1, 0.15) is 0 Å². The summed E-state index contributed by atoms with van der Waals surface area (Å²) in [6, 6.07) is 0. The molecule has 0 spiro atoms. The topological polar surface area (TPSA) is 26.7 Å². The molecule has 86 valence electrons. The standard InChI is InChI=1S/C9H20N2O.C2H6/c1-9(8-11(3)12)5-4-6-10(2)7-9;1-2/h12H,4-8H2,1-3H3;1-2H3. The molecule has 1 aliphatic heterocycles. The monoisotopic (exact) mass is 202 g/mol. The Morgan fingerprint density at radius 2 is 2.00 bits per heavy atom. The zero-order valence-corrected chi connectivity index (χ0v) is 10.4. The summed E-state index contributed by atoms with van der Waals surface area (Å²) in [6.45, 7) is 9.31. The van der Waals surface area contributed by atoms with E-state index in [4.69, 9.17) is 0 Å². The van der Waals surface area contributed by atoms with Crippen molar-refractivity contribution in [3.05, 3.63) is 0 Å². The van der Waals surface area contributed by atoms with Crippen molar-refractivity contribution in [1.82, 2.24) is 9.96 Å². The van der Waals surface area contributed by atoms with Gasteiger partial charge in [-0.3, -0.25) is 0 Å². The predicted molar refractivity (Wildman–Crippen MR) is 60.6 cm³/mol. The maximum Gasteiger partial charge on any atom is 0.0301 e. The van der Waals surface area contributed by atoms with Gasteiger partial charge in [-0.15, -0.1) is 0 Å². The number of hydroxylamine groups is 2. The Balaban J connectivity index is 0.000000791. The summed E-state index contributed by atoms with van der Waals surface area (Å²) in [6.07, 6.45) is 2.48. The summed E-state index contributed by atoms with van der Waals surface area (Å²) in [5, 5.41) is 10.5. The minimum absolute atomic E-state index is 0.274. The van der Waals surface area contributed by atoms with E-state index in [0.717, 1.165) is 13.1 Å². The molecule has 0 aliphatic carbocycles. The van der Waals surface area contributed by atoms with Crippen LogP contribution in [0.25, 0.3) is 0 Å². The van der Waals surface area contributed by atoms with Gasteiger partial charge < -0.3 is 10.1 Å². The van der Waals surface area contributed by atoms with E-state index in [9.17, 15) is 5.21 Å². The number of hydrogen-bond acceptors (Lipinski definition) is 3. The van der Waals surface area contributed by atoms with E-state index < -0.39 is 0 Å². The first-order chi connectivity index (χ1) is 6.52. The Bertz CT molecular complexity index is 146. The van der Waals surface area contributed by atoms with Gasteiger partial charge in [-0.1, -0.05) is 20.8 Å². The van der Waals surface area contributed by atoms with Gasteiger partial charge in [0, 0.05) is 20.1 Å². The van der Waals surface area contributed by atoms with Crippen LogP contribution in [-0.2, 0) is 0 Å². The fourth-order valence-electron chi connectivity index (χ4n) is 2.27. The van der Waals surface area contributed by atoms with E-state index >= 15 is 0 Å². The minimum atomic E-state index is 0.274. The molecule has 0 amide bonds. The lowest BCUT2D eigenvalue weighted by Gasteiger charge is -2.39. The molecule has 1 rings (SSSR count). The molecule has 3 heteroatoms. The third-order valence-corrected chi connectivity index (χ3v) is 2.58. The molecule has 1 atom stereocenters. The summed E-state index contributed by atoms with van der Waals surface area (Å²) in [5.41, 5.74) is 0.274. The maximum atomic E-state index is 9.17. The zero-order chi connectivity index (χ0) is 11.2. The summed E-state index contributed by atoms with van der Waals surface area (Å²) < 4.78 is 0. The van der Waals surface area contributed by atoms with Crippen molar-refractivity contribution in [3.63, 3.8) is 0 Å². The first-order valence-electron chi connectivity index (χ1n) is 5.60. The SMILES string of the molecule is CC.CN(O)CC1(C)CCCN(C)C1. The Kier molecular flexibility index (Phi) is 6.33. The zero-order valence-electron chi connectivity index (χ0n) is 10.4. The van der Waals surface area contributed by atoms with Gasteiger partial charge in [-0.25, -0.2) is 0 Å². The van der Waals surface area contributed by atoms with E-state index in [-0.39, 0.29) is 5.41 Å². The van der Waals surface area contributed by atoms with Gasteiger partial charge in [-0.2, -0.15) is 5.06 Å². The molecular formula is C11H26N2O. The van der Waals surface area contributed by atoms with E-state index in [1.165, 1.54) is 24.4 Å². The molecule has 14 heavy (non-hydrogen) atoms. The van der Waals surface area contributed by atoms with Crippen molar-refractivity contribution < 1.29 is 5.21 Å². The molecule has 1 saturated heterocycles. The van der Waals surface area contributed by atoms with Crippen molar-refractivity contribution >= 4 is 0 Å². The molecule has 0 aromatic heterocycles. The lowest BCUT2D eigenvalue weighted by Crippen LogP contribution is -2.44. The smallest absolute Gasteiger partial charge is 0.0301 e. The molecule has 1 N–H and O–H groups in total. The van der Waals surface area contributed by atoms with Crippen molar-refractivity contribution in [2.45, 2.75) is 33.6 Å². The van der Waals surface area contributed by atoms with Crippen LogP contribution in [0.4, 0.5) is 0 Å². The van der Waals surface area contributed by atoms with Crippen LogP contribution in [0.15, 0.2) is 0 Å². The van der Waals surface area contributed by atoms with Crippen molar-refractivity contribution in [1.29, 1.82) is 0 Å². The number of piperidine rings is 1. The average molecular weight is 202 g/mol. The maximum absolute atomic E-state index is 9.17. The highest BCUT2D eigenvalue weighted by molar-refractivity contribution is 4.83. The second-order valence-corrected chi connectivity index (χ2v) is 4.47. The molecule has 0 bridgehead atoms. The van der Waals surface area contributed by atoms with Crippen LogP contribution in [0.1, 0.15) is 33.6 Å². The molecular weight excluding hydrogens is 176 g/mol. The molecule has 1 aliphatic rings. The van der Waals surface area contributed by atoms with Crippen LogP contribution in [-0.4, -0.2) is 48.9 Å². The number of nitrogens with zero attached hydrogens (tertiary/aromatic N) is 2. The Morgan fingerprint density at radius 1 is 1.43 bits per heavy atom. The van der Waals surface area contributed by atoms with Crippen LogP contribution in [0.3, 0.4) is 0 Å². The normalized spacial score (nSPS) is 28.5. The summed E-state index contributed by atoms with van der Waals surface area (Å²) >= 11 is 0. The Morgan fingerprint density at radius 3 is 2.43 bits per heavy atom. The first-order valence-corrected chi connectivity index (χ1v) is 5.60. The molecule has 0 aromatic carbocycles. The largest absolute Gasteiger partial charge is 0.314 e. The average Bonchev–Trinajstić information content (AvgIpc) is 2.04. The van der Waals surface area contributed by atoms with E-state index in [1.807, 2.05) is 13.8 Å². The number of hydrogen-bond donors (Lipinski definition) is 1. The Hall–Kier alpha value is -0.120. The van der Waals surface area contributed by atoms with Crippen molar-refractivity contribution in [2.75, 3.05) is 33.7 Å². The van der Waals surface area contributed by atoms with Gasteiger partial charge in [-0.05, 0) is 31.8 Å². The van der Waals surface area contributed by atoms with E-state index in [0.29, 0.717) is 0 Å². The van der Waals surface area contributed by atoms with Crippen LogP contribution in [0.2, 0.25) is 0 Å². The molecule has 0 saturated carbocycles. The molecule has 3 nitrogen and oxygen atoms in total. The predicted octanol–water partition coefficient (Wildman–Crippen LogP) is 2.07. The highest BCUT2D eigenvalue weighted by Crippen LogP contribution is 2.28. The van der Waals surface area contributed by atoms with Gasteiger partial charge in [0.2, 0.25) is 0 Å². The van der Waals surface area contributed by atoms with Gasteiger partial charge in [0.15, 0.2) is 0 Å². The minimum Gasteiger partial charge on any atom is -0.314 e. The number of likely N-dealkylation sites (tertiary alicyclic amines) is 1. The van der Waals surface area contributed by atoms with Gasteiger partial charge in [0.25, 0.3) is 0 Å².